The number of rotatable bonds is 2. The molecule has 2 aliphatic heterocycles. The second kappa shape index (κ2) is 6.65. The largest absolute Gasteiger partial charge is 0.460 e. The predicted molar refractivity (Wildman–Crippen MR) is 107 cm³/mol. The lowest BCUT2D eigenvalue weighted by molar-refractivity contribution is 0.00578. The van der Waals surface area contributed by atoms with Gasteiger partial charge in [0, 0.05) is 0 Å². The van der Waals surface area contributed by atoms with Crippen LogP contribution < -0.4 is 0 Å². The molecule has 0 N–H and O–H groups in total. The van der Waals surface area contributed by atoms with E-state index in [-0.39, 0.29) is 48.3 Å². The maximum Gasteiger partial charge on any atom is 0.460 e. The first kappa shape index (κ1) is 20.4. The lowest BCUT2D eigenvalue weighted by Gasteiger charge is -2.32. The molecule has 0 amide bonds. The molecule has 1 aliphatic carbocycles. The van der Waals surface area contributed by atoms with Gasteiger partial charge in [0.1, 0.15) is 0 Å². The van der Waals surface area contributed by atoms with Gasteiger partial charge in [0.25, 0.3) is 0 Å². The molecule has 3 rings (SSSR count). The van der Waals surface area contributed by atoms with Gasteiger partial charge < -0.3 is 18.6 Å². The minimum Gasteiger partial charge on any atom is -0.403 e. The molecule has 146 valence electrons. The molecule has 2 saturated heterocycles. The Morgan fingerprint density at radius 3 is 1.12 bits per heavy atom. The molecule has 0 saturated carbocycles. The Morgan fingerprint density at radius 1 is 0.577 bits per heavy atom. The highest BCUT2D eigenvalue weighted by atomic mass is 16.7. The van der Waals surface area contributed by atoms with Crippen LogP contribution in [0.15, 0.2) is 12.2 Å². The Labute approximate surface area is 160 Å². The standard InChI is InChI=1S/C20H36B2O4/c1-17(2)18(3,4)24-21(23-17)15-13-11-9-10-12-14-16(15)22-25-19(5,6)20(7,8)26-22/h9-10,15-16H,11-14H2,1-8H3/b10-9-. The third-order valence-corrected chi connectivity index (χ3v) is 7.29. The number of hydrogen-bond donors (Lipinski definition) is 0. The van der Waals surface area contributed by atoms with Crippen molar-refractivity contribution in [2.45, 2.75) is 115 Å². The third-order valence-electron chi connectivity index (χ3n) is 7.29. The van der Waals surface area contributed by atoms with E-state index in [9.17, 15) is 0 Å². The maximum absolute atomic E-state index is 6.44. The van der Waals surface area contributed by atoms with Gasteiger partial charge in [-0.15, -0.1) is 0 Å². The number of hydrogen-bond acceptors (Lipinski definition) is 4. The lowest BCUT2D eigenvalue weighted by atomic mass is 9.50. The zero-order chi connectivity index (χ0) is 19.4. The third kappa shape index (κ3) is 3.55. The fourth-order valence-electron chi connectivity index (χ4n) is 4.04. The summed E-state index contributed by atoms with van der Waals surface area (Å²) in [6.45, 7) is 17.0. The molecule has 0 spiro atoms. The highest BCUT2D eigenvalue weighted by Gasteiger charge is 2.60. The van der Waals surface area contributed by atoms with Gasteiger partial charge in [-0.1, -0.05) is 12.2 Å². The van der Waals surface area contributed by atoms with Crippen LogP contribution in [0.4, 0.5) is 0 Å². The molecular formula is C20H36B2O4. The summed E-state index contributed by atoms with van der Waals surface area (Å²) < 4.78 is 25.7. The molecule has 0 radical (unpaired) electrons. The van der Waals surface area contributed by atoms with Gasteiger partial charge in [-0.25, -0.2) is 0 Å². The summed E-state index contributed by atoms with van der Waals surface area (Å²) in [7, 11) is -0.425. The minimum absolute atomic E-state index is 0.212. The maximum atomic E-state index is 6.44. The Balaban J connectivity index is 1.85. The van der Waals surface area contributed by atoms with Crippen LogP contribution >= 0.6 is 0 Å². The van der Waals surface area contributed by atoms with Gasteiger partial charge in [-0.2, -0.15) is 0 Å². The molecule has 0 aromatic carbocycles. The van der Waals surface area contributed by atoms with Crippen LogP contribution in [-0.2, 0) is 18.6 Å². The molecule has 2 heterocycles. The van der Waals surface area contributed by atoms with Gasteiger partial charge >= 0.3 is 14.2 Å². The zero-order valence-corrected chi connectivity index (χ0v) is 17.9. The molecule has 0 aromatic heterocycles. The zero-order valence-electron chi connectivity index (χ0n) is 17.9. The molecule has 0 bridgehead atoms. The lowest BCUT2D eigenvalue weighted by Crippen LogP contribution is -2.41. The van der Waals surface area contributed by atoms with Gasteiger partial charge in [-0.05, 0) is 92.7 Å². The first-order valence-corrected chi connectivity index (χ1v) is 10.2. The topological polar surface area (TPSA) is 36.9 Å². The van der Waals surface area contributed by atoms with Crippen molar-refractivity contribution < 1.29 is 18.6 Å². The molecule has 26 heavy (non-hydrogen) atoms. The molecule has 6 heteroatoms. The Kier molecular flexibility index (Phi) is 5.23. The van der Waals surface area contributed by atoms with Crippen LogP contribution in [0.25, 0.3) is 0 Å². The van der Waals surface area contributed by atoms with Crippen LogP contribution in [0.5, 0.6) is 0 Å². The monoisotopic (exact) mass is 362 g/mol. The normalized spacial score (nSPS) is 36.6. The van der Waals surface area contributed by atoms with Gasteiger partial charge in [0.15, 0.2) is 0 Å². The molecule has 2 unspecified atom stereocenters. The summed E-state index contributed by atoms with van der Waals surface area (Å²) in [6.07, 6.45) is 8.73. The van der Waals surface area contributed by atoms with Crippen LogP contribution in [0.2, 0.25) is 11.6 Å². The second-order valence-electron chi connectivity index (χ2n) is 10.2. The average molecular weight is 362 g/mol. The van der Waals surface area contributed by atoms with Crippen molar-refractivity contribution in [3.8, 4) is 0 Å². The van der Waals surface area contributed by atoms with E-state index in [2.05, 4.69) is 67.5 Å². The summed E-state index contributed by atoms with van der Waals surface area (Å²) in [5.74, 6) is 0.520. The van der Waals surface area contributed by atoms with E-state index >= 15 is 0 Å². The van der Waals surface area contributed by atoms with Crippen LogP contribution in [0, 0.1) is 0 Å². The molecular weight excluding hydrogens is 326 g/mol. The first-order valence-electron chi connectivity index (χ1n) is 10.2. The van der Waals surface area contributed by atoms with Crippen LogP contribution in [0.3, 0.4) is 0 Å². The van der Waals surface area contributed by atoms with E-state index in [1.54, 1.807) is 0 Å². The fraction of sp³-hybridized carbons (Fsp3) is 0.900. The summed E-state index contributed by atoms with van der Waals surface area (Å²) in [6, 6.07) is 0. The van der Waals surface area contributed by atoms with Crippen molar-refractivity contribution in [2.75, 3.05) is 0 Å². The van der Waals surface area contributed by atoms with E-state index in [1.807, 2.05) is 0 Å². The van der Waals surface area contributed by atoms with Gasteiger partial charge in [-0.3, -0.25) is 0 Å². The van der Waals surface area contributed by atoms with Crippen molar-refractivity contribution in [1.29, 1.82) is 0 Å². The van der Waals surface area contributed by atoms with Gasteiger partial charge in [0.2, 0.25) is 0 Å². The molecule has 2 atom stereocenters. The van der Waals surface area contributed by atoms with Crippen molar-refractivity contribution in [1.82, 2.24) is 0 Å². The smallest absolute Gasteiger partial charge is 0.403 e. The fourth-order valence-corrected chi connectivity index (χ4v) is 4.04. The van der Waals surface area contributed by atoms with Gasteiger partial charge in [0.05, 0.1) is 22.4 Å². The summed E-state index contributed by atoms with van der Waals surface area (Å²) in [5, 5.41) is 0. The second-order valence-corrected chi connectivity index (χ2v) is 10.2. The Bertz CT molecular complexity index is 476. The van der Waals surface area contributed by atoms with E-state index < -0.39 is 0 Å². The summed E-state index contributed by atoms with van der Waals surface area (Å²) >= 11 is 0. The summed E-state index contributed by atoms with van der Waals surface area (Å²) in [5.41, 5.74) is -1.24. The minimum atomic E-state index is -0.309. The Hall–Kier alpha value is -0.290. The predicted octanol–water partition coefficient (Wildman–Crippen LogP) is 5.04. The van der Waals surface area contributed by atoms with Crippen LogP contribution in [0.1, 0.15) is 81.1 Å². The quantitative estimate of drug-likeness (QED) is 0.509. The van der Waals surface area contributed by atoms with E-state index in [0.717, 1.165) is 25.7 Å². The van der Waals surface area contributed by atoms with Crippen LogP contribution in [-0.4, -0.2) is 36.6 Å². The average Bonchev–Trinajstić information content (AvgIpc) is 2.77. The van der Waals surface area contributed by atoms with Crippen molar-refractivity contribution in [3.05, 3.63) is 12.2 Å². The Morgan fingerprint density at radius 2 is 0.846 bits per heavy atom. The molecule has 2 fully saturated rings. The molecule has 0 aromatic rings. The number of allylic oxidation sites excluding steroid dienone is 2. The first-order chi connectivity index (χ1) is 11.9. The van der Waals surface area contributed by atoms with Crippen molar-refractivity contribution >= 4 is 14.2 Å². The molecule has 4 nitrogen and oxygen atoms in total. The van der Waals surface area contributed by atoms with Crippen molar-refractivity contribution in [3.63, 3.8) is 0 Å². The van der Waals surface area contributed by atoms with E-state index in [4.69, 9.17) is 18.6 Å². The highest BCUT2D eigenvalue weighted by Crippen LogP contribution is 2.51. The molecule has 3 aliphatic rings. The SMILES string of the molecule is CC1(C)OB(C2CC/C=C\CCC2B2OC(C)(C)C(C)(C)O2)OC1(C)C. The van der Waals surface area contributed by atoms with E-state index in [1.165, 1.54) is 0 Å². The van der Waals surface area contributed by atoms with Crippen molar-refractivity contribution in [2.24, 2.45) is 0 Å². The summed E-state index contributed by atoms with van der Waals surface area (Å²) in [4.78, 5) is 0. The van der Waals surface area contributed by atoms with E-state index in [0.29, 0.717) is 0 Å². The highest BCUT2D eigenvalue weighted by molar-refractivity contribution is 6.54.